The van der Waals surface area contributed by atoms with E-state index in [0.29, 0.717) is 44.7 Å². The summed E-state index contributed by atoms with van der Waals surface area (Å²) in [6, 6.07) is 21.0. The molecule has 3 aromatic carbocycles. The summed E-state index contributed by atoms with van der Waals surface area (Å²) in [5, 5.41) is 12.0. The van der Waals surface area contributed by atoms with Crippen molar-refractivity contribution in [3.05, 3.63) is 95.8 Å². The molecule has 0 spiro atoms. The summed E-state index contributed by atoms with van der Waals surface area (Å²) >= 11 is 1.15. The molecule has 2 aromatic heterocycles. The highest BCUT2D eigenvalue weighted by Gasteiger charge is 2.20. The van der Waals surface area contributed by atoms with Crippen molar-refractivity contribution in [2.24, 2.45) is 0 Å². The lowest BCUT2D eigenvalue weighted by Gasteiger charge is -2.12. The Kier molecular flexibility index (Phi) is 7.23. The van der Waals surface area contributed by atoms with Crippen molar-refractivity contribution in [3.8, 4) is 0 Å². The van der Waals surface area contributed by atoms with Gasteiger partial charge in [0.25, 0.3) is 11.8 Å². The summed E-state index contributed by atoms with van der Waals surface area (Å²) in [6.45, 7) is 3.14. The maximum Gasteiger partial charge on any atom is 0.260 e. The first kappa shape index (κ1) is 25.5. The molecule has 0 bridgehead atoms. The van der Waals surface area contributed by atoms with Crippen LogP contribution in [0, 0.1) is 6.92 Å². The molecule has 2 heterocycles. The van der Waals surface area contributed by atoms with Crippen molar-refractivity contribution in [1.29, 1.82) is 0 Å². The van der Waals surface area contributed by atoms with Gasteiger partial charge in [-0.3, -0.25) is 19.4 Å². The normalized spacial score (nSPS) is 10.6. The number of rotatable bonds is 7. The molecule has 0 radical (unpaired) electrons. The predicted molar refractivity (Wildman–Crippen MR) is 153 cm³/mol. The molecule has 4 N–H and O–H groups in total. The van der Waals surface area contributed by atoms with E-state index in [9.17, 15) is 14.4 Å². The number of amides is 3. The number of anilines is 5. The first-order valence-electron chi connectivity index (χ1n) is 11.9. The molecule has 0 fully saturated rings. The quantitative estimate of drug-likeness (QED) is 0.212. The van der Waals surface area contributed by atoms with Gasteiger partial charge in [-0.2, -0.15) is 4.37 Å². The zero-order valence-electron chi connectivity index (χ0n) is 21.0. The van der Waals surface area contributed by atoms with E-state index in [0.717, 1.165) is 22.6 Å². The van der Waals surface area contributed by atoms with Crippen LogP contribution in [0.15, 0.2) is 79.0 Å². The Morgan fingerprint density at radius 1 is 0.795 bits per heavy atom. The number of aromatic nitrogens is 3. The van der Waals surface area contributed by atoms with Crippen LogP contribution < -0.4 is 21.3 Å². The maximum absolute atomic E-state index is 13.3. The second kappa shape index (κ2) is 11.1. The van der Waals surface area contributed by atoms with Crippen molar-refractivity contribution in [2.45, 2.75) is 13.8 Å². The van der Waals surface area contributed by atoms with Crippen LogP contribution >= 0.6 is 11.5 Å². The van der Waals surface area contributed by atoms with Crippen LogP contribution in [0.5, 0.6) is 0 Å². The molecule has 0 aliphatic rings. The first-order chi connectivity index (χ1) is 18.9. The van der Waals surface area contributed by atoms with Crippen molar-refractivity contribution in [2.75, 3.05) is 21.3 Å². The van der Waals surface area contributed by atoms with E-state index >= 15 is 0 Å². The van der Waals surface area contributed by atoms with E-state index < -0.39 is 5.91 Å². The van der Waals surface area contributed by atoms with Gasteiger partial charge in [0.2, 0.25) is 5.91 Å². The Morgan fingerprint density at radius 2 is 1.51 bits per heavy atom. The van der Waals surface area contributed by atoms with E-state index in [2.05, 4.69) is 35.6 Å². The zero-order valence-corrected chi connectivity index (χ0v) is 21.8. The number of aryl methyl sites for hydroxylation is 1. The van der Waals surface area contributed by atoms with E-state index in [1.165, 1.54) is 6.92 Å². The number of nitrogens with one attached hydrogen (secondary N) is 4. The summed E-state index contributed by atoms with van der Waals surface area (Å²) < 4.78 is 4.34. The Labute approximate surface area is 227 Å². The maximum atomic E-state index is 13.3. The smallest absolute Gasteiger partial charge is 0.260 e. The minimum Gasteiger partial charge on any atom is -0.329 e. The first-order valence-corrected chi connectivity index (χ1v) is 12.7. The Morgan fingerprint density at radius 3 is 2.28 bits per heavy atom. The van der Waals surface area contributed by atoms with E-state index in [1.54, 1.807) is 61.7 Å². The predicted octanol–water partition coefficient (Wildman–Crippen LogP) is 5.60. The Balaban J connectivity index is 1.32. The van der Waals surface area contributed by atoms with Gasteiger partial charge in [0, 0.05) is 18.2 Å². The van der Waals surface area contributed by atoms with Gasteiger partial charge in [-0.05, 0) is 60.9 Å². The number of carbonyl (C=O) groups is 3. The Hall–Kier alpha value is -5.16. The van der Waals surface area contributed by atoms with Gasteiger partial charge in [-0.25, -0.2) is 4.98 Å². The number of para-hydroxylation sites is 4. The van der Waals surface area contributed by atoms with Gasteiger partial charge in [0.05, 0.1) is 39.9 Å². The molecule has 0 atom stereocenters. The van der Waals surface area contributed by atoms with Gasteiger partial charge in [-0.15, -0.1) is 0 Å². The molecular formula is C28H23N7O3S. The third-order valence-electron chi connectivity index (χ3n) is 5.65. The van der Waals surface area contributed by atoms with Crippen LogP contribution in [-0.4, -0.2) is 32.1 Å². The van der Waals surface area contributed by atoms with Crippen molar-refractivity contribution in [3.63, 3.8) is 0 Å². The number of nitrogens with zero attached hydrogens (tertiary/aromatic N) is 3. The fraction of sp³-hybridized carbons (Fsp3) is 0.0714. The second-order valence-corrected chi connectivity index (χ2v) is 9.33. The summed E-state index contributed by atoms with van der Waals surface area (Å²) in [5.41, 5.74) is 4.12. The van der Waals surface area contributed by atoms with E-state index in [-0.39, 0.29) is 11.8 Å². The van der Waals surface area contributed by atoms with Crippen molar-refractivity contribution >= 4 is 68.2 Å². The lowest BCUT2D eigenvalue weighted by atomic mass is 10.1. The Bertz CT molecular complexity index is 1720. The SMILES string of the molecule is CC(=O)Nc1ccccc1NC(=O)c1cccc(NC(=O)c2c(C)nsc2Nc2cnc3ccccc3n2)c1. The minimum atomic E-state index is -0.394. The topological polar surface area (TPSA) is 138 Å². The van der Waals surface area contributed by atoms with Crippen LogP contribution in [0.3, 0.4) is 0 Å². The zero-order chi connectivity index (χ0) is 27.4. The highest BCUT2D eigenvalue weighted by Crippen LogP contribution is 2.29. The molecule has 39 heavy (non-hydrogen) atoms. The number of benzene rings is 3. The number of hydrogen-bond donors (Lipinski definition) is 4. The van der Waals surface area contributed by atoms with Crippen LogP contribution in [-0.2, 0) is 4.79 Å². The lowest BCUT2D eigenvalue weighted by molar-refractivity contribution is -0.114. The third kappa shape index (κ3) is 5.89. The van der Waals surface area contributed by atoms with Gasteiger partial charge in [-0.1, -0.05) is 30.3 Å². The van der Waals surface area contributed by atoms with Crippen molar-refractivity contribution in [1.82, 2.24) is 14.3 Å². The molecule has 11 heteroatoms. The standard InChI is InChI=1S/C28H23N7O3S/c1-16-25(28(39-35-16)34-24-15-29-20-10-3-4-11-21(20)32-24)27(38)31-19-9-7-8-18(14-19)26(37)33-23-13-6-5-12-22(23)30-17(2)36/h3-15H,1-2H3,(H,30,36)(H,31,38)(H,32,34)(H,33,37). The second-order valence-electron chi connectivity index (χ2n) is 8.56. The van der Waals surface area contributed by atoms with Crippen LogP contribution in [0.1, 0.15) is 33.3 Å². The molecule has 0 aliphatic carbocycles. The number of hydrogen-bond acceptors (Lipinski definition) is 8. The molecular weight excluding hydrogens is 514 g/mol. The van der Waals surface area contributed by atoms with Gasteiger partial charge in [0.15, 0.2) is 0 Å². The highest BCUT2D eigenvalue weighted by atomic mass is 32.1. The fourth-order valence-electron chi connectivity index (χ4n) is 3.87. The lowest BCUT2D eigenvalue weighted by Crippen LogP contribution is -2.17. The van der Waals surface area contributed by atoms with Crippen LogP contribution in [0.4, 0.5) is 27.9 Å². The summed E-state index contributed by atoms with van der Waals surface area (Å²) in [5.74, 6) is -0.536. The summed E-state index contributed by atoms with van der Waals surface area (Å²) in [4.78, 5) is 46.7. The molecule has 0 saturated heterocycles. The minimum absolute atomic E-state index is 0.249. The monoisotopic (exact) mass is 537 g/mol. The molecule has 0 aliphatic heterocycles. The average Bonchev–Trinajstić information content (AvgIpc) is 3.29. The number of carbonyl (C=O) groups excluding carboxylic acids is 3. The summed E-state index contributed by atoms with van der Waals surface area (Å²) in [7, 11) is 0. The molecule has 0 unspecified atom stereocenters. The largest absolute Gasteiger partial charge is 0.329 e. The van der Waals surface area contributed by atoms with E-state index in [4.69, 9.17) is 0 Å². The molecule has 194 valence electrons. The third-order valence-corrected chi connectivity index (χ3v) is 6.50. The average molecular weight is 538 g/mol. The highest BCUT2D eigenvalue weighted by molar-refractivity contribution is 7.10. The molecule has 0 saturated carbocycles. The van der Waals surface area contributed by atoms with Gasteiger partial charge in [0.1, 0.15) is 10.8 Å². The van der Waals surface area contributed by atoms with E-state index in [1.807, 2.05) is 24.3 Å². The number of fused-ring (bicyclic) bond motifs is 1. The van der Waals surface area contributed by atoms with Crippen molar-refractivity contribution < 1.29 is 14.4 Å². The molecule has 5 rings (SSSR count). The van der Waals surface area contributed by atoms with Crippen LogP contribution in [0.25, 0.3) is 11.0 Å². The molecule has 3 amide bonds. The van der Waals surface area contributed by atoms with Crippen LogP contribution in [0.2, 0.25) is 0 Å². The van der Waals surface area contributed by atoms with Gasteiger partial charge >= 0.3 is 0 Å². The fourth-order valence-corrected chi connectivity index (χ4v) is 4.67. The van der Waals surface area contributed by atoms with Gasteiger partial charge < -0.3 is 21.3 Å². The molecule has 5 aromatic rings. The molecule has 10 nitrogen and oxygen atoms in total. The summed E-state index contributed by atoms with van der Waals surface area (Å²) in [6.07, 6.45) is 1.60.